The fourth-order valence-corrected chi connectivity index (χ4v) is 5.06. The van der Waals surface area contributed by atoms with Crippen molar-refractivity contribution in [1.29, 1.82) is 0 Å². The molecule has 4 rings (SSSR count). The number of hydrogen-bond acceptors (Lipinski definition) is 6. The standard InChI is InChI=1S/C19H22N2O4S/c22-13-6-2-3-7-14(13)25-16(23)9-10-21-11-20-18-17(19(21)24)12-5-1-4-8-15(12)26-18/h11,14H,1-10H2. The molecule has 0 spiro atoms. The van der Waals surface area contributed by atoms with Crippen LogP contribution in [0.2, 0.25) is 0 Å². The van der Waals surface area contributed by atoms with Crippen LogP contribution in [0.25, 0.3) is 10.2 Å². The third-order valence-electron chi connectivity index (χ3n) is 5.27. The van der Waals surface area contributed by atoms with Gasteiger partial charge in [-0.05, 0) is 50.5 Å². The number of nitrogens with zero attached hydrogens (tertiary/aromatic N) is 2. The van der Waals surface area contributed by atoms with Crippen molar-refractivity contribution < 1.29 is 14.3 Å². The van der Waals surface area contributed by atoms with Gasteiger partial charge in [0.05, 0.1) is 18.1 Å². The molecule has 138 valence electrons. The number of fused-ring (bicyclic) bond motifs is 3. The van der Waals surface area contributed by atoms with Crippen molar-refractivity contribution in [3.8, 4) is 0 Å². The maximum Gasteiger partial charge on any atom is 0.308 e. The average molecular weight is 374 g/mol. The molecule has 0 aliphatic heterocycles. The highest BCUT2D eigenvalue weighted by Gasteiger charge is 2.26. The second kappa shape index (κ2) is 7.31. The van der Waals surface area contributed by atoms with E-state index in [1.54, 1.807) is 11.3 Å². The molecule has 0 saturated heterocycles. The lowest BCUT2D eigenvalue weighted by Crippen LogP contribution is -2.31. The molecule has 0 bridgehead atoms. The molecule has 7 heteroatoms. The van der Waals surface area contributed by atoms with Crippen molar-refractivity contribution >= 4 is 33.3 Å². The van der Waals surface area contributed by atoms with Crippen molar-refractivity contribution in [3.63, 3.8) is 0 Å². The molecular formula is C19H22N2O4S. The van der Waals surface area contributed by atoms with Crippen LogP contribution in [0.1, 0.15) is 55.4 Å². The molecule has 1 saturated carbocycles. The van der Waals surface area contributed by atoms with Gasteiger partial charge in [-0.3, -0.25) is 19.0 Å². The quantitative estimate of drug-likeness (QED) is 0.769. The number of carbonyl (C=O) groups is 2. The maximum atomic E-state index is 12.8. The number of rotatable bonds is 4. The van der Waals surface area contributed by atoms with Gasteiger partial charge in [-0.25, -0.2) is 4.98 Å². The van der Waals surface area contributed by atoms with Gasteiger partial charge < -0.3 is 4.74 Å². The third-order valence-corrected chi connectivity index (χ3v) is 6.47. The van der Waals surface area contributed by atoms with Gasteiger partial charge in [0, 0.05) is 17.8 Å². The minimum atomic E-state index is -0.600. The second-order valence-electron chi connectivity index (χ2n) is 7.07. The van der Waals surface area contributed by atoms with Crippen LogP contribution in [-0.2, 0) is 33.7 Å². The normalized spacial score (nSPS) is 20.2. The van der Waals surface area contributed by atoms with E-state index in [9.17, 15) is 14.4 Å². The van der Waals surface area contributed by atoms with Crippen LogP contribution in [-0.4, -0.2) is 27.4 Å². The smallest absolute Gasteiger partial charge is 0.308 e. The van der Waals surface area contributed by atoms with E-state index in [-0.39, 0.29) is 24.3 Å². The number of aryl methyl sites for hydroxylation is 3. The number of thiophene rings is 1. The van der Waals surface area contributed by atoms with Gasteiger partial charge >= 0.3 is 5.97 Å². The Hall–Kier alpha value is -2.02. The SMILES string of the molecule is O=C(CCn1cnc2sc3c(c2c1=O)CCCC3)OC1CCCCC1=O. The third kappa shape index (κ3) is 3.32. The number of ether oxygens (including phenoxy) is 1. The molecule has 2 heterocycles. The molecule has 2 aliphatic rings. The zero-order valence-electron chi connectivity index (χ0n) is 14.7. The molecule has 6 nitrogen and oxygen atoms in total. The van der Waals surface area contributed by atoms with Crippen molar-refractivity contribution in [3.05, 3.63) is 27.1 Å². The summed E-state index contributed by atoms with van der Waals surface area (Å²) < 4.78 is 6.80. The first-order chi connectivity index (χ1) is 12.6. The second-order valence-corrected chi connectivity index (χ2v) is 8.16. The molecule has 2 aromatic rings. The lowest BCUT2D eigenvalue weighted by molar-refractivity contribution is -0.157. The summed E-state index contributed by atoms with van der Waals surface area (Å²) in [6.07, 6.45) is 8.10. The summed E-state index contributed by atoms with van der Waals surface area (Å²) in [7, 11) is 0. The molecule has 0 amide bonds. The van der Waals surface area contributed by atoms with E-state index >= 15 is 0 Å². The van der Waals surface area contributed by atoms with Gasteiger partial charge in [-0.15, -0.1) is 11.3 Å². The highest BCUT2D eigenvalue weighted by Crippen LogP contribution is 2.33. The van der Waals surface area contributed by atoms with Gasteiger partial charge in [-0.2, -0.15) is 0 Å². The van der Waals surface area contributed by atoms with Gasteiger partial charge in [0.25, 0.3) is 5.56 Å². The average Bonchev–Trinajstić information content (AvgIpc) is 3.02. The van der Waals surface area contributed by atoms with Gasteiger partial charge in [0.2, 0.25) is 0 Å². The Morgan fingerprint density at radius 2 is 2.00 bits per heavy atom. The van der Waals surface area contributed by atoms with Crippen LogP contribution in [0, 0.1) is 0 Å². The van der Waals surface area contributed by atoms with Gasteiger partial charge in [0.15, 0.2) is 11.9 Å². The number of Topliss-reactive ketones (excluding diaryl/α,β-unsaturated/α-hetero) is 1. The summed E-state index contributed by atoms with van der Waals surface area (Å²) in [5.41, 5.74) is 1.08. The molecule has 0 radical (unpaired) electrons. The van der Waals surface area contributed by atoms with E-state index < -0.39 is 12.1 Å². The molecule has 26 heavy (non-hydrogen) atoms. The van der Waals surface area contributed by atoms with Crippen molar-refractivity contribution in [2.75, 3.05) is 0 Å². The first-order valence-corrected chi connectivity index (χ1v) is 10.2. The fraction of sp³-hybridized carbons (Fsp3) is 0.579. The lowest BCUT2D eigenvalue weighted by atomic mass is 9.96. The van der Waals surface area contributed by atoms with E-state index in [2.05, 4.69) is 4.98 Å². The summed E-state index contributed by atoms with van der Waals surface area (Å²) >= 11 is 1.62. The van der Waals surface area contributed by atoms with Crippen LogP contribution < -0.4 is 5.56 Å². The summed E-state index contributed by atoms with van der Waals surface area (Å²) in [6, 6.07) is 0. The molecule has 2 aromatic heterocycles. The fourth-order valence-electron chi connectivity index (χ4n) is 3.85. The molecule has 0 aromatic carbocycles. The summed E-state index contributed by atoms with van der Waals surface area (Å²) in [4.78, 5) is 43.2. The number of carbonyl (C=O) groups excluding carboxylic acids is 2. The summed E-state index contributed by atoms with van der Waals surface area (Å²) in [5.74, 6) is -0.417. The minimum absolute atomic E-state index is 0.00903. The zero-order chi connectivity index (χ0) is 18.1. The van der Waals surface area contributed by atoms with Gasteiger partial charge in [0.1, 0.15) is 4.83 Å². The Morgan fingerprint density at radius 3 is 2.85 bits per heavy atom. The highest BCUT2D eigenvalue weighted by molar-refractivity contribution is 7.18. The Balaban J connectivity index is 1.47. The molecule has 1 atom stereocenters. The predicted octanol–water partition coefficient (Wildman–Crippen LogP) is 2.78. The Bertz CT molecular complexity index is 914. The number of hydrogen-bond donors (Lipinski definition) is 0. The Kier molecular flexibility index (Phi) is 4.89. The van der Waals surface area contributed by atoms with Crippen LogP contribution in [0.4, 0.5) is 0 Å². The van der Waals surface area contributed by atoms with Crippen molar-refractivity contribution in [2.45, 2.75) is 70.4 Å². The van der Waals surface area contributed by atoms with E-state index in [0.717, 1.165) is 47.9 Å². The van der Waals surface area contributed by atoms with E-state index in [1.807, 2.05) is 0 Å². The van der Waals surface area contributed by atoms with E-state index in [0.29, 0.717) is 12.8 Å². The number of ketones is 1. The van der Waals surface area contributed by atoms with Crippen molar-refractivity contribution in [2.24, 2.45) is 0 Å². The summed E-state index contributed by atoms with van der Waals surface area (Å²) in [6.45, 7) is 0.228. The van der Waals surface area contributed by atoms with Crippen LogP contribution in [0.5, 0.6) is 0 Å². The molecule has 1 unspecified atom stereocenters. The minimum Gasteiger partial charge on any atom is -0.454 e. The Labute approximate surface area is 155 Å². The van der Waals surface area contributed by atoms with Crippen LogP contribution >= 0.6 is 11.3 Å². The molecule has 1 fully saturated rings. The topological polar surface area (TPSA) is 78.3 Å². The maximum absolute atomic E-state index is 12.8. The number of aromatic nitrogens is 2. The van der Waals surface area contributed by atoms with Crippen molar-refractivity contribution in [1.82, 2.24) is 9.55 Å². The lowest BCUT2D eigenvalue weighted by Gasteiger charge is -2.20. The summed E-state index contributed by atoms with van der Waals surface area (Å²) in [5, 5.41) is 0.725. The zero-order valence-corrected chi connectivity index (χ0v) is 15.5. The molecule has 2 aliphatic carbocycles. The van der Waals surface area contributed by atoms with E-state index in [4.69, 9.17) is 4.74 Å². The Morgan fingerprint density at radius 1 is 1.19 bits per heavy atom. The van der Waals surface area contributed by atoms with E-state index in [1.165, 1.54) is 22.2 Å². The largest absolute Gasteiger partial charge is 0.454 e. The highest BCUT2D eigenvalue weighted by atomic mass is 32.1. The van der Waals surface area contributed by atoms with Crippen LogP contribution in [0.15, 0.2) is 11.1 Å². The first-order valence-electron chi connectivity index (χ1n) is 9.35. The van der Waals surface area contributed by atoms with Gasteiger partial charge in [-0.1, -0.05) is 0 Å². The molecule has 0 N–H and O–H groups in total. The molecular weight excluding hydrogens is 352 g/mol. The van der Waals surface area contributed by atoms with Crippen LogP contribution in [0.3, 0.4) is 0 Å². The predicted molar refractivity (Wildman–Crippen MR) is 98.5 cm³/mol. The number of esters is 1. The monoisotopic (exact) mass is 374 g/mol. The first kappa shape index (κ1) is 17.4.